The van der Waals surface area contributed by atoms with Crippen LogP contribution in [0, 0.1) is 11.8 Å². The first-order valence-electron chi connectivity index (χ1n) is 19.5. The molecule has 0 saturated heterocycles. The largest absolute Gasteiger partial charge is 0.391 e. The number of aromatic amines is 1. The van der Waals surface area contributed by atoms with Gasteiger partial charge in [-0.1, -0.05) is 88.6 Å². The number of benzene rings is 1. The molecule has 296 valence electrons. The van der Waals surface area contributed by atoms with Crippen molar-refractivity contribution in [3.8, 4) is 0 Å². The number of carbonyl (C=O) groups is 3. The summed E-state index contributed by atoms with van der Waals surface area (Å²) in [6, 6.07) is 6.67. The molecule has 1 aromatic heterocycles. The van der Waals surface area contributed by atoms with Crippen molar-refractivity contribution in [2.75, 3.05) is 6.54 Å². The first kappa shape index (κ1) is 42.4. The third-order valence-electron chi connectivity index (χ3n) is 10.5. The Kier molecular flexibility index (Phi) is 16.3. The number of sulfonamides is 1. The van der Waals surface area contributed by atoms with Crippen LogP contribution in [0.25, 0.3) is 0 Å². The van der Waals surface area contributed by atoms with Crippen molar-refractivity contribution >= 4 is 27.7 Å². The van der Waals surface area contributed by atoms with Gasteiger partial charge in [-0.15, -0.1) is 0 Å². The van der Waals surface area contributed by atoms with Gasteiger partial charge >= 0.3 is 0 Å². The van der Waals surface area contributed by atoms with Crippen LogP contribution in [0.15, 0.2) is 42.9 Å². The van der Waals surface area contributed by atoms with Crippen LogP contribution < -0.4 is 26.4 Å². The Bertz CT molecular complexity index is 1520. The highest BCUT2D eigenvalue weighted by molar-refractivity contribution is 7.90. The van der Waals surface area contributed by atoms with Crippen molar-refractivity contribution in [3.05, 3.63) is 54.1 Å². The van der Waals surface area contributed by atoms with Crippen LogP contribution in [0.3, 0.4) is 0 Å². The number of aliphatic hydroxyl groups is 1. The maximum atomic E-state index is 14.2. The van der Waals surface area contributed by atoms with E-state index < -0.39 is 51.6 Å². The fourth-order valence-electron chi connectivity index (χ4n) is 7.61. The van der Waals surface area contributed by atoms with E-state index in [4.69, 9.17) is 5.73 Å². The molecule has 0 radical (unpaired) electrons. The minimum atomic E-state index is -3.45. The molecule has 14 heteroatoms. The molecule has 1 heterocycles. The predicted octanol–water partition coefficient (Wildman–Crippen LogP) is 3.39. The van der Waals surface area contributed by atoms with Gasteiger partial charge in [-0.25, -0.2) is 18.1 Å². The molecule has 2 fully saturated rings. The van der Waals surface area contributed by atoms with E-state index in [0.717, 1.165) is 56.9 Å². The minimum absolute atomic E-state index is 0.00478. The molecule has 2 aromatic rings. The molecular formula is C39H63N7O6S. The average Bonchev–Trinajstić information content (AvgIpc) is 3.63. The van der Waals surface area contributed by atoms with E-state index >= 15 is 0 Å². The molecule has 13 nitrogen and oxygen atoms in total. The fraction of sp³-hybridized carbons (Fsp3) is 0.692. The molecule has 3 amide bonds. The highest BCUT2D eigenvalue weighted by atomic mass is 32.2. The lowest BCUT2D eigenvalue weighted by atomic mass is 9.82. The van der Waals surface area contributed by atoms with E-state index in [2.05, 4.69) is 30.6 Å². The lowest BCUT2D eigenvalue weighted by molar-refractivity contribution is -0.132. The van der Waals surface area contributed by atoms with Gasteiger partial charge in [0.25, 0.3) is 0 Å². The third kappa shape index (κ3) is 14.8. The average molecular weight is 758 g/mol. The number of H-pyrrole nitrogens is 1. The summed E-state index contributed by atoms with van der Waals surface area (Å²) in [5, 5.41) is 20.1. The van der Waals surface area contributed by atoms with Crippen LogP contribution >= 0.6 is 0 Å². The third-order valence-corrected chi connectivity index (χ3v) is 12.5. The number of carbonyl (C=O) groups excluding carboxylic acids is 3. The second-order valence-corrected chi connectivity index (χ2v) is 18.3. The molecular weight excluding hydrogens is 695 g/mol. The number of aliphatic hydroxyl groups excluding tert-OH is 1. The maximum Gasteiger partial charge on any atom is 0.243 e. The van der Waals surface area contributed by atoms with Gasteiger partial charge in [-0.05, 0) is 56.9 Å². The van der Waals surface area contributed by atoms with Gasteiger partial charge in [0.15, 0.2) is 0 Å². The monoisotopic (exact) mass is 757 g/mol. The zero-order chi connectivity index (χ0) is 38.4. The molecule has 4 rings (SSSR count). The predicted molar refractivity (Wildman–Crippen MR) is 206 cm³/mol. The minimum Gasteiger partial charge on any atom is -0.391 e. The first-order valence-corrected chi connectivity index (χ1v) is 21.1. The molecule has 0 aliphatic heterocycles. The van der Waals surface area contributed by atoms with Crippen molar-refractivity contribution in [2.24, 2.45) is 17.6 Å². The van der Waals surface area contributed by atoms with Crippen LogP contribution in [0.5, 0.6) is 0 Å². The summed E-state index contributed by atoms with van der Waals surface area (Å²) < 4.78 is 28.8. The van der Waals surface area contributed by atoms with Crippen molar-refractivity contribution in [1.82, 2.24) is 30.6 Å². The number of hydrogen-bond donors (Lipinski definition) is 7. The molecule has 5 atom stereocenters. The Balaban J connectivity index is 1.49. The number of rotatable bonds is 20. The van der Waals surface area contributed by atoms with Gasteiger partial charge in [0, 0.05) is 43.2 Å². The van der Waals surface area contributed by atoms with Crippen LogP contribution in [0.2, 0.25) is 0 Å². The van der Waals surface area contributed by atoms with Crippen LogP contribution in [0.4, 0.5) is 0 Å². The highest BCUT2D eigenvalue weighted by Crippen LogP contribution is 2.29. The Labute approximate surface area is 315 Å². The van der Waals surface area contributed by atoms with E-state index in [-0.39, 0.29) is 49.3 Å². The first-order chi connectivity index (χ1) is 25.2. The number of amides is 3. The van der Waals surface area contributed by atoms with E-state index in [1.807, 2.05) is 37.3 Å². The van der Waals surface area contributed by atoms with Crippen molar-refractivity contribution in [3.63, 3.8) is 0 Å². The number of hydrogen-bond acceptors (Lipinski definition) is 8. The van der Waals surface area contributed by atoms with E-state index in [0.29, 0.717) is 30.9 Å². The number of imidazole rings is 1. The second-order valence-electron chi connectivity index (χ2n) is 16.2. The normalized spacial score (nSPS) is 19.0. The van der Waals surface area contributed by atoms with Gasteiger partial charge in [-0.2, -0.15) is 0 Å². The molecule has 2 aliphatic carbocycles. The van der Waals surface area contributed by atoms with Crippen molar-refractivity contribution < 1.29 is 27.9 Å². The second kappa shape index (κ2) is 20.4. The van der Waals surface area contributed by atoms with Gasteiger partial charge in [0.2, 0.25) is 27.7 Å². The summed E-state index contributed by atoms with van der Waals surface area (Å²) in [5.74, 6) is -1.24. The SMILES string of the molecule is C[C@@H](CNS(=O)(=O)C1CCCCC1)C[C@H](O)[C@H](CC1CCCCC1)NC(=O)[C@H](Cc1cnc[nH]1)NC(=O)[C@H](Cc1ccccc1)NC(=O)CC(C)(C)N. The highest BCUT2D eigenvalue weighted by Gasteiger charge is 2.33. The number of aromatic nitrogens is 2. The molecule has 53 heavy (non-hydrogen) atoms. The molecule has 0 bridgehead atoms. The molecule has 1 aromatic carbocycles. The zero-order valence-corrected chi connectivity index (χ0v) is 32.6. The number of nitrogens with two attached hydrogens (primary N) is 1. The van der Waals surface area contributed by atoms with Crippen molar-refractivity contribution in [1.29, 1.82) is 0 Å². The Morgan fingerprint density at radius 2 is 1.55 bits per heavy atom. The smallest absolute Gasteiger partial charge is 0.243 e. The summed E-state index contributed by atoms with van der Waals surface area (Å²) in [6.45, 7) is 5.57. The molecule has 2 saturated carbocycles. The fourth-order valence-corrected chi connectivity index (χ4v) is 9.31. The molecule has 8 N–H and O–H groups in total. The van der Waals surface area contributed by atoms with Crippen LogP contribution in [-0.2, 0) is 37.2 Å². The van der Waals surface area contributed by atoms with Gasteiger partial charge in [-0.3, -0.25) is 14.4 Å². The van der Waals surface area contributed by atoms with E-state index in [1.54, 1.807) is 20.0 Å². The summed E-state index contributed by atoms with van der Waals surface area (Å²) in [7, 11) is -3.45. The van der Waals surface area contributed by atoms with Crippen LogP contribution in [0.1, 0.15) is 115 Å². The summed E-state index contributed by atoms with van der Waals surface area (Å²) in [5.41, 5.74) is 6.77. The maximum absolute atomic E-state index is 14.2. The van der Waals surface area contributed by atoms with Crippen LogP contribution in [-0.4, -0.2) is 82.8 Å². The molecule has 0 spiro atoms. The van der Waals surface area contributed by atoms with Gasteiger partial charge in [0.05, 0.1) is 23.7 Å². The number of nitrogens with zero attached hydrogens (tertiary/aromatic N) is 1. The standard InChI is InChI=1S/C39H63N7O6S/c1-27(24-43-53(51,52)31-17-11-6-12-18-31)19-35(47)32(20-28-13-7-4-8-14-28)45-38(50)34(22-30-25-41-26-42-30)46-37(49)33(21-29-15-9-5-10-16-29)44-36(48)23-39(2,3)40/h5,9-10,15-16,25-28,31-35,43,47H,4,6-8,11-14,17-24,40H2,1-3H3,(H,41,42)(H,44,48)(H,45,50)(H,46,49)/t27-,32+,33+,34+,35+/m1/s1. The Hall–Kier alpha value is -3.33. The van der Waals surface area contributed by atoms with Gasteiger partial charge < -0.3 is 31.8 Å². The number of nitrogens with one attached hydrogen (secondary N) is 5. The lowest BCUT2D eigenvalue weighted by Gasteiger charge is -2.33. The summed E-state index contributed by atoms with van der Waals surface area (Å²) in [4.78, 5) is 48.3. The quantitative estimate of drug-likeness (QED) is 0.106. The topological polar surface area (TPSA) is 208 Å². The van der Waals surface area contributed by atoms with Gasteiger partial charge in [0.1, 0.15) is 12.1 Å². The Morgan fingerprint density at radius 3 is 2.17 bits per heavy atom. The summed E-state index contributed by atoms with van der Waals surface area (Å²) in [6.07, 6.45) is 12.9. The lowest BCUT2D eigenvalue weighted by Crippen LogP contribution is -2.58. The van der Waals surface area contributed by atoms with E-state index in [1.165, 1.54) is 6.33 Å². The molecule has 0 unspecified atom stereocenters. The zero-order valence-electron chi connectivity index (χ0n) is 31.8. The summed E-state index contributed by atoms with van der Waals surface area (Å²) >= 11 is 0. The molecule has 2 aliphatic rings. The van der Waals surface area contributed by atoms with Crippen molar-refractivity contribution in [2.45, 2.75) is 152 Å². The Morgan fingerprint density at radius 1 is 0.925 bits per heavy atom. The van der Waals surface area contributed by atoms with E-state index in [9.17, 15) is 27.9 Å².